The number of carbonyl (C=O) groups is 4. The molecule has 1 unspecified atom stereocenters. The number of rotatable bonds is 11. The highest BCUT2D eigenvalue weighted by atomic mass is 32.2. The minimum atomic E-state index is -0.803. The SMILES string of the molecule is CNC(=O)c1ccc(SC(=O)C(CCCCNC(=O)OCC2c3ccccc3-c3ccccc32)NC(=O)OC(C)(C)C)cc1. The van der Waals surface area contributed by atoms with Crippen LogP contribution in [0.1, 0.15) is 67.4 Å². The van der Waals surface area contributed by atoms with Crippen LogP contribution in [-0.4, -0.2) is 55.1 Å². The minimum Gasteiger partial charge on any atom is -0.449 e. The van der Waals surface area contributed by atoms with E-state index < -0.39 is 23.8 Å². The number of carbonyl (C=O) groups excluding carboxylic acids is 4. The first kappa shape index (κ1) is 32.6. The number of unbranched alkanes of at least 4 members (excludes halogenated alkanes) is 1. The lowest BCUT2D eigenvalue weighted by Crippen LogP contribution is -2.42. The van der Waals surface area contributed by atoms with Crippen LogP contribution in [-0.2, 0) is 14.3 Å². The summed E-state index contributed by atoms with van der Waals surface area (Å²) in [6.07, 6.45) is 0.320. The lowest BCUT2D eigenvalue weighted by molar-refractivity contribution is -0.113. The van der Waals surface area contributed by atoms with E-state index in [1.807, 2.05) is 24.3 Å². The van der Waals surface area contributed by atoms with E-state index in [-0.39, 0.29) is 23.5 Å². The maximum Gasteiger partial charge on any atom is 0.408 e. The maximum atomic E-state index is 13.2. The van der Waals surface area contributed by atoms with Crippen LogP contribution < -0.4 is 16.0 Å². The largest absolute Gasteiger partial charge is 0.449 e. The average Bonchev–Trinajstić information content (AvgIpc) is 3.31. The molecule has 0 aromatic heterocycles. The van der Waals surface area contributed by atoms with Gasteiger partial charge in [0.15, 0.2) is 0 Å². The first-order valence-corrected chi connectivity index (χ1v) is 15.5. The molecular weight excluding hydrogens is 578 g/mol. The predicted molar refractivity (Wildman–Crippen MR) is 171 cm³/mol. The van der Waals surface area contributed by atoms with Crippen LogP contribution in [0.4, 0.5) is 9.59 Å². The summed E-state index contributed by atoms with van der Waals surface area (Å²) in [5, 5.41) is 7.79. The van der Waals surface area contributed by atoms with Crippen molar-refractivity contribution in [1.29, 1.82) is 0 Å². The van der Waals surface area contributed by atoms with Crippen molar-refractivity contribution in [1.82, 2.24) is 16.0 Å². The third kappa shape index (κ3) is 8.86. The number of hydrogen-bond acceptors (Lipinski definition) is 7. The van der Waals surface area contributed by atoms with E-state index in [0.29, 0.717) is 36.3 Å². The first-order valence-electron chi connectivity index (χ1n) is 14.7. The van der Waals surface area contributed by atoms with Crippen molar-refractivity contribution in [2.24, 2.45) is 0 Å². The monoisotopic (exact) mass is 617 g/mol. The minimum absolute atomic E-state index is 0.0173. The summed E-state index contributed by atoms with van der Waals surface area (Å²) < 4.78 is 11.0. The Morgan fingerprint density at radius 1 is 0.841 bits per heavy atom. The molecule has 0 heterocycles. The highest BCUT2D eigenvalue weighted by molar-refractivity contribution is 8.13. The molecule has 3 aromatic rings. The number of alkyl carbamates (subject to hydrolysis) is 2. The van der Waals surface area contributed by atoms with Crippen molar-refractivity contribution in [2.45, 2.75) is 62.5 Å². The van der Waals surface area contributed by atoms with Gasteiger partial charge in [-0.15, -0.1) is 0 Å². The van der Waals surface area contributed by atoms with Gasteiger partial charge >= 0.3 is 12.2 Å². The van der Waals surface area contributed by atoms with Gasteiger partial charge in [0.2, 0.25) is 5.12 Å². The van der Waals surface area contributed by atoms with E-state index in [1.165, 1.54) is 11.1 Å². The van der Waals surface area contributed by atoms with Gasteiger partial charge in [0, 0.05) is 30.0 Å². The van der Waals surface area contributed by atoms with Gasteiger partial charge in [0.05, 0.1) is 0 Å². The van der Waals surface area contributed by atoms with Crippen LogP contribution in [0.5, 0.6) is 0 Å². The van der Waals surface area contributed by atoms with Crippen molar-refractivity contribution in [3.63, 3.8) is 0 Å². The molecule has 1 atom stereocenters. The molecule has 3 aromatic carbocycles. The topological polar surface area (TPSA) is 123 Å². The van der Waals surface area contributed by atoms with E-state index in [1.54, 1.807) is 52.1 Å². The van der Waals surface area contributed by atoms with E-state index in [2.05, 4.69) is 40.2 Å². The molecule has 3 N–H and O–H groups in total. The molecule has 4 rings (SSSR count). The van der Waals surface area contributed by atoms with Crippen molar-refractivity contribution in [3.05, 3.63) is 89.5 Å². The molecule has 232 valence electrons. The molecule has 9 nitrogen and oxygen atoms in total. The first-order chi connectivity index (χ1) is 21.1. The molecule has 0 spiro atoms. The smallest absolute Gasteiger partial charge is 0.408 e. The maximum absolute atomic E-state index is 13.2. The van der Waals surface area contributed by atoms with Crippen LogP contribution in [0.15, 0.2) is 77.7 Å². The van der Waals surface area contributed by atoms with Gasteiger partial charge in [0.25, 0.3) is 5.91 Å². The molecule has 0 saturated carbocycles. The Labute approximate surface area is 262 Å². The summed E-state index contributed by atoms with van der Waals surface area (Å²) in [6, 6.07) is 22.2. The molecule has 1 aliphatic rings. The van der Waals surface area contributed by atoms with Gasteiger partial charge in [-0.25, -0.2) is 9.59 Å². The number of benzene rings is 3. The second-order valence-electron chi connectivity index (χ2n) is 11.5. The summed E-state index contributed by atoms with van der Waals surface area (Å²) in [5.74, 6) is -0.236. The van der Waals surface area contributed by atoms with Gasteiger partial charge in [-0.3, -0.25) is 9.59 Å². The Bertz CT molecular complexity index is 1440. The zero-order valence-corrected chi connectivity index (χ0v) is 26.3. The highest BCUT2D eigenvalue weighted by Crippen LogP contribution is 2.44. The van der Waals surface area contributed by atoms with Gasteiger partial charge in [0.1, 0.15) is 18.2 Å². The summed E-state index contributed by atoms with van der Waals surface area (Å²) in [5.41, 5.74) is 4.40. The molecule has 0 radical (unpaired) electrons. The summed E-state index contributed by atoms with van der Waals surface area (Å²) in [7, 11) is 1.55. The molecule has 44 heavy (non-hydrogen) atoms. The van der Waals surface area contributed by atoms with Gasteiger partial charge in [-0.2, -0.15) is 0 Å². The van der Waals surface area contributed by atoms with Gasteiger partial charge < -0.3 is 25.4 Å². The van der Waals surface area contributed by atoms with Crippen LogP contribution in [0.3, 0.4) is 0 Å². The third-order valence-corrected chi connectivity index (χ3v) is 8.06. The molecule has 10 heteroatoms. The Hall–Kier alpha value is -4.31. The fourth-order valence-electron chi connectivity index (χ4n) is 5.02. The van der Waals surface area contributed by atoms with Crippen molar-refractivity contribution in [3.8, 4) is 11.1 Å². The Kier molecular flexibility index (Phi) is 11.1. The number of ether oxygens (including phenoxy) is 2. The Balaban J connectivity index is 1.26. The summed E-state index contributed by atoms with van der Waals surface area (Å²) in [4.78, 5) is 50.6. The van der Waals surface area contributed by atoms with E-state index >= 15 is 0 Å². The fraction of sp³-hybridized carbons (Fsp3) is 0.353. The molecule has 3 amide bonds. The van der Waals surface area contributed by atoms with Crippen LogP contribution in [0.25, 0.3) is 11.1 Å². The lowest BCUT2D eigenvalue weighted by atomic mass is 9.98. The fourth-order valence-corrected chi connectivity index (χ4v) is 5.84. The quantitative estimate of drug-likeness (QED) is 0.171. The van der Waals surface area contributed by atoms with Crippen LogP contribution in [0, 0.1) is 0 Å². The van der Waals surface area contributed by atoms with Crippen molar-refractivity contribution < 1.29 is 28.7 Å². The molecule has 0 saturated heterocycles. The molecule has 0 aliphatic heterocycles. The summed E-state index contributed by atoms with van der Waals surface area (Å²) >= 11 is 0.987. The molecule has 0 bridgehead atoms. The van der Waals surface area contributed by atoms with Crippen LogP contribution >= 0.6 is 11.8 Å². The number of hydrogen-bond donors (Lipinski definition) is 3. The van der Waals surface area contributed by atoms with E-state index in [9.17, 15) is 19.2 Å². The Morgan fingerprint density at radius 3 is 2.05 bits per heavy atom. The normalized spacial score (nSPS) is 12.8. The highest BCUT2D eigenvalue weighted by Gasteiger charge is 2.29. The predicted octanol–water partition coefficient (Wildman–Crippen LogP) is 6.27. The van der Waals surface area contributed by atoms with Crippen molar-refractivity contribution >= 4 is 35.0 Å². The van der Waals surface area contributed by atoms with E-state index in [4.69, 9.17) is 9.47 Å². The second kappa shape index (κ2) is 14.9. The lowest BCUT2D eigenvalue weighted by Gasteiger charge is -2.23. The summed E-state index contributed by atoms with van der Waals surface area (Å²) in [6.45, 7) is 5.85. The molecule has 0 fully saturated rings. The third-order valence-electron chi connectivity index (χ3n) is 7.07. The zero-order chi connectivity index (χ0) is 31.7. The number of amides is 3. The second-order valence-corrected chi connectivity index (χ2v) is 12.5. The van der Waals surface area contributed by atoms with E-state index in [0.717, 1.165) is 22.9 Å². The van der Waals surface area contributed by atoms with Gasteiger partial charge in [-0.1, -0.05) is 48.5 Å². The standard InChI is InChI=1S/C34H39N3O6S/c1-34(2,3)43-33(41)37-29(31(39)44-23-18-16-22(17-19-23)30(38)35-4)15-9-10-20-36-32(40)42-21-28-26-13-7-5-11-24(26)25-12-6-8-14-27(25)28/h5-8,11-14,16-19,28-29H,9-10,15,20-21H2,1-4H3,(H,35,38)(H,36,40)(H,37,41). The van der Waals surface area contributed by atoms with Crippen molar-refractivity contribution in [2.75, 3.05) is 20.2 Å². The molecule has 1 aliphatic carbocycles. The number of fused-ring (bicyclic) bond motifs is 3. The van der Waals surface area contributed by atoms with Crippen LogP contribution in [0.2, 0.25) is 0 Å². The number of thioether (sulfide) groups is 1. The zero-order valence-electron chi connectivity index (χ0n) is 25.5. The average molecular weight is 618 g/mol. The Morgan fingerprint density at radius 2 is 1.45 bits per heavy atom. The number of nitrogens with one attached hydrogen (secondary N) is 3. The van der Waals surface area contributed by atoms with Gasteiger partial charge in [-0.05, 0) is 98.3 Å². The molecular formula is C34H39N3O6S.